The number of thioether (sulfide) groups is 1. The molecule has 154 valence electrons. The van der Waals surface area contributed by atoms with Crippen molar-refractivity contribution in [2.24, 2.45) is 0 Å². The summed E-state index contributed by atoms with van der Waals surface area (Å²) in [5.41, 5.74) is 3.24. The molecule has 0 aromatic heterocycles. The molecule has 1 saturated carbocycles. The molecule has 0 radical (unpaired) electrons. The van der Waals surface area contributed by atoms with Gasteiger partial charge >= 0.3 is 0 Å². The zero-order valence-electron chi connectivity index (χ0n) is 16.7. The van der Waals surface area contributed by atoms with Crippen molar-refractivity contribution in [1.82, 2.24) is 5.32 Å². The quantitative estimate of drug-likeness (QED) is 0.300. The fourth-order valence-electron chi connectivity index (χ4n) is 4.04. The van der Waals surface area contributed by atoms with Gasteiger partial charge in [0.15, 0.2) is 5.11 Å². The third-order valence-electron chi connectivity index (χ3n) is 5.56. The molecule has 0 spiro atoms. The molecule has 4 rings (SSSR count). The molecule has 1 fully saturated rings. The predicted octanol–water partition coefficient (Wildman–Crippen LogP) is 7.39. The summed E-state index contributed by atoms with van der Waals surface area (Å²) >= 11 is 14.0. The van der Waals surface area contributed by atoms with Crippen molar-refractivity contribution in [2.75, 3.05) is 5.32 Å². The first kappa shape index (κ1) is 21.2. The summed E-state index contributed by atoms with van der Waals surface area (Å²) in [6, 6.07) is 27.1. The van der Waals surface area contributed by atoms with Gasteiger partial charge in [-0.05, 0) is 66.5 Å². The third-order valence-corrected chi connectivity index (χ3v) is 7.18. The fraction of sp³-hybridized carbons (Fsp3) is 0.240. The Bertz CT molecular complexity index is 984. The Kier molecular flexibility index (Phi) is 6.98. The average Bonchev–Trinajstić information content (AvgIpc) is 3.23. The molecule has 1 aliphatic carbocycles. The van der Waals surface area contributed by atoms with Crippen LogP contribution in [0, 0.1) is 0 Å². The number of hydrogen-bond donors (Lipinski definition) is 2. The molecule has 5 heteroatoms. The summed E-state index contributed by atoms with van der Waals surface area (Å²) in [6.45, 7) is 0. The van der Waals surface area contributed by atoms with Gasteiger partial charge in [0.2, 0.25) is 0 Å². The molecule has 0 amide bonds. The Balaban J connectivity index is 1.38. The summed E-state index contributed by atoms with van der Waals surface area (Å²) in [5.74, 6) is 0.947. The van der Waals surface area contributed by atoms with Gasteiger partial charge in [0.05, 0.1) is 5.54 Å². The average molecular weight is 453 g/mol. The molecule has 2 nitrogen and oxygen atoms in total. The first-order valence-corrected chi connectivity index (χ1v) is 12.0. The lowest BCUT2D eigenvalue weighted by molar-refractivity contribution is 0.408. The van der Waals surface area contributed by atoms with E-state index in [9.17, 15) is 0 Å². The first-order valence-electron chi connectivity index (χ1n) is 10.3. The molecule has 2 N–H and O–H groups in total. The van der Waals surface area contributed by atoms with Crippen LogP contribution in [0.15, 0.2) is 83.8 Å². The maximum absolute atomic E-state index is 6.52. The Labute approximate surface area is 193 Å². The lowest BCUT2D eigenvalue weighted by Gasteiger charge is -2.33. The van der Waals surface area contributed by atoms with Crippen molar-refractivity contribution in [3.05, 3.63) is 95.0 Å². The van der Waals surface area contributed by atoms with Crippen molar-refractivity contribution in [3.8, 4) is 0 Å². The summed E-state index contributed by atoms with van der Waals surface area (Å²) in [6.07, 6.45) is 4.42. The van der Waals surface area contributed by atoms with E-state index in [1.807, 2.05) is 36.0 Å². The largest absolute Gasteiger partial charge is 0.353 e. The third kappa shape index (κ3) is 5.18. The van der Waals surface area contributed by atoms with Crippen LogP contribution in [0.1, 0.15) is 36.8 Å². The SMILES string of the molecule is S=C(Nc1ccc(CSc2ccccc2)cc1)NC1(c2ccccc2Cl)CCCC1. The standard InChI is InChI=1S/C25H25ClN2S2/c26-23-11-5-4-10-22(23)25(16-6-7-17-25)28-24(29)27-20-14-12-19(13-15-20)18-30-21-8-2-1-3-9-21/h1-5,8-15H,6-7,16-18H2,(H2,27,28,29). The van der Waals surface area contributed by atoms with Crippen LogP contribution in [0.5, 0.6) is 0 Å². The lowest BCUT2D eigenvalue weighted by Crippen LogP contribution is -2.45. The Morgan fingerprint density at radius 1 is 0.900 bits per heavy atom. The minimum atomic E-state index is -0.186. The highest BCUT2D eigenvalue weighted by Crippen LogP contribution is 2.41. The molecule has 0 atom stereocenters. The number of hydrogen-bond acceptors (Lipinski definition) is 2. The maximum Gasteiger partial charge on any atom is 0.171 e. The highest BCUT2D eigenvalue weighted by molar-refractivity contribution is 7.98. The van der Waals surface area contributed by atoms with Gasteiger partial charge in [-0.15, -0.1) is 11.8 Å². The van der Waals surface area contributed by atoms with Gasteiger partial charge in [-0.1, -0.05) is 73.0 Å². The van der Waals surface area contributed by atoms with Crippen LogP contribution in [0.4, 0.5) is 5.69 Å². The van der Waals surface area contributed by atoms with E-state index < -0.39 is 0 Å². The number of rotatable bonds is 6. The van der Waals surface area contributed by atoms with Crippen molar-refractivity contribution in [2.45, 2.75) is 41.9 Å². The Hall–Kier alpha value is -2.01. The van der Waals surface area contributed by atoms with Crippen LogP contribution in [0.3, 0.4) is 0 Å². The first-order chi connectivity index (χ1) is 14.6. The molecule has 3 aromatic rings. The van der Waals surface area contributed by atoms with Gasteiger partial charge in [0.25, 0.3) is 0 Å². The fourth-order valence-corrected chi connectivity index (χ4v) is 5.54. The molecule has 0 heterocycles. The highest BCUT2D eigenvalue weighted by Gasteiger charge is 2.37. The summed E-state index contributed by atoms with van der Waals surface area (Å²) in [5, 5.41) is 8.39. The van der Waals surface area contributed by atoms with E-state index in [1.54, 1.807) is 0 Å². The Morgan fingerprint density at radius 2 is 1.57 bits per heavy atom. The van der Waals surface area contributed by atoms with Crippen molar-refractivity contribution in [3.63, 3.8) is 0 Å². The zero-order valence-corrected chi connectivity index (χ0v) is 19.1. The van der Waals surface area contributed by atoms with Crippen LogP contribution in [-0.2, 0) is 11.3 Å². The number of thiocarbonyl (C=S) groups is 1. The van der Waals surface area contributed by atoms with Crippen LogP contribution in [-0.4, -0.2) is 5.11 Å². The van der Waals surface area contributed by atoms with E-state index in [0.29, 0.717) is 5.11 Å². The second kappa shape index (κ2) is 9.86. The van der Waals surface area contributed by atoms with Crippen molar-refractivity contribution in [1.29, 1.82) is 0 Å². The van der Waals surface area contributed by atoms with Gasteiger partial charge in [0, 0.05) is 21.4 Å². The number of nitrogens with one attached hydrogen (secondary N) is 2. The molecule has 0 saturated heterocycles. The van der Waals surface area contributed by atoms with Gasteiger partial charge in [-0.25, -0.2) is 0 Å². The van der Waals surface area contributed by atoms with Gasteiger partial charge in [-0.3, -0.25) is 0 Å². The molecular weight excluding hydrogens is 428 g/mol. The maximum atomic E-state index is 6.52. The topological polar surface area (TPSA) is 24.1 Å². The molecule has 0 aliphatic heterocycles. The highest BCUT2D eigenvalue weighted by atomic mass is 35.5. The minimum Gasteiger partial charge on any atom is -0.353 e. The number of benzene rings is 3. The molecule has 1 aliphatic rings. The lowest BCUT2D eigenvalue weighted by atomic mass is 9.88. The van der Waals surface area contributed by atoms with E-state index in [-0.39, 0.29) is 5.54 Å². The summed E-state index contributed by atoms with van der Waals surface area (Å²) in [7, 11) is 0. The normalized spacial score (nSPS) is 15.0. The molecule has 0 bridgehead atoms. The predicted molar refractivity (Wildman–Crippen MR) is 133 cm³/mol. The van der Waals surface area contributed by atoms with Crippen LogP contribution >= 0.6 is 35.6 Å². The van der Waals surface area contributed by atoms with E-state index >= 15 is 0 Å². The van der Waals surface area contributed by atoms with Crippen molar-refractivity contribution >= 4 is 46.4 Å². The van der Waals surface area contributed by atoms with Crippen LogP contribution in [0.2, 0.25) is 5.02 Å². The number of halogens is 1. The van der Waals surface area contributed by atoms with Gasteiger partial charge < -0.3 is 10.6 Å². The Morgan fingerprint density at radius 3 is 2.27 bits per heavy atom. The minimum absolute atomic E-state index is 0.186. The molecule has 30 heavy (non-hydrogen) atoms. The number of anilines is 1. The smallest absolute Gasteiger partial charge is 0.171 e. The monoisotopic (exact) mass is 452 g/mol. The molecular formula is C25H25ClN2S2. The molecule has 0 unspecified atom stereocenters. The van der Waals surface area contributed by atoms with Crippen LogP contribution in [0.25, 0.3) is 0 Å². The summed E-state index contributed by atoms with van der Waals surface area (Å²) in [4.78, 5) is 1.28. The van der Waals surface area contributed by atoms with Crippen molar-refractivity contribution < 1.29 is 0 Å². The van der Waals surface area contributed by atoms with Gasteiger partial charge in [0.1, 0.15) is 0 Å². The van der Waals surface area contributed by atoms with E-state index in [1.165, 1.54) is 23.3 Å². The zero-order chi connectivity index (χ0) is 20.8. The van der Waals surface area contributed by atoms with Gasteiger partial charge in [-0.2, -0.15) is 0 Å². The van der Waals surface area contributed by atoms with E-state index in [4.69, 9.17) is 23.8 Å². The van der Waals surface area contributed by atoms with E-state index in [0.717, 1.165) is 34.9 Å². The van der Waals surface area contributed by atoms with E-state index in [2.05, 4.69) is 65.2 Å². The second-order valence-electron chi connectivity index (χ2n) is 7.65. The second-order valence-corrected chi connectivity index (χ2v) is 9.51. The summed E-state index contributed by atoms with van der Waals surface area (Å²) < 4.78 is 0. The molecule has 3 aromatic carbocycles. The van der Waals surface area contributed by atoms with Crippen LogP contribution < -0.4 is 10.6 Å².